The van der Waals surface area contributed by atoms with E-state index in [9.17, 15) is 9.59 Å². The van der Waals surface area contributed by atoms with Crippen molar-refractivity contribution in [3.8, 4) is 0 Å². The van der Waals surface area contributed by atoms with Gasteiger partial charge in [0.25, 0.3) is 5.91 Å². The van der Waals surface area contributed by atoms with E-state index in [0.717, 1.165) is 11.3 Å². The molecule has 1 aromatic heterocycles. The molecule has 0 aliphatic heterocycles. The molecule has 114 valence electrons. The van der Waals surface area contributed by atoms with Crippen LogP contribution in [-0.2, 0) is 4.79 Å². The molecular weight excluding hydrogens is 280 g/mol. The van der Waals surface area contributed by atoms with Crippen molar-refractivity contribution in [2.45, 2.75) is 6.92 Å². The molecule has 2 amide bonds. The Labute approximate surface area is 129 Å². The number of hydrogen-bond donors (Lipinski definition) is 2. The maximum atomic E-state index is 12.1. The third-order valence-corrected chi connectivity index (χ3v) is 3.10. The van der Waals surface area contributed by atoms with Crippen LogP contribution in [0.1, 0.15) is 15.9 Å². The second-order valence-electron chi connectivity index (χ2n) is 5.05. The fraction of sp³-hybridized carbons (Fsp3) is 0.188. The van der Waals surface area contributed by atoms with Crippen LogP contribution in [0.2, 0.25) is 0 Å². The van der Waals surface area contributed by atoms with Gasteiger partial charge < -0.3 is 16.0 Å². The number of nitrogens with one attached hydrogen (secondary N) is 1. The molecule has 0 radical (unpaired) electrons. The third-order valence-electron chi connectivity index (χ3n) is 3.10. The Bertz CT molecular complexity index is 666. The number of amides is 2. The first-order valence-electron chi connectivity index (χ1n) is 6.79. The molecule has 0 aliphatic rings. The van der Waals surface area contributed by atoms with E-state index in [1.54, 1.807) is 24.1 Å². The first-order valence-corrected chi connectivity index (χ1v) is 6.79. The molecule has 22 heavy (non-hydrogen) atoms. The van der Waals surface area contributed by atoms with E-state index in [2.05, 4.69) is 10.3 Å². The average Bonchev–Trinajstić information content (AvgIpc) is 2.49. The number of carbonyl (C=O) groups excluding carboxylic acids is 2. The van der Waals surface area contributed by atoms with Crippen molar-refractivity contribution in [3.05, 3.63) is 53.7 Å². The quantitative estimate of drug-likeness (QED) is 0.877. The first kappa shape index (κ1) is 15.5. The number of nitrogens with zero attached hydrogens (tertiary/aromatic N) is 2. The number of hydrogen-bond acceptors (Lipinski definition) is 4. The van der Waals surface area contributed by atoms with E-state index in [1.807, 2.05) is 31.2 Å². The Morgan fingerprint density at radius 3 is 2.41 bits per heavy atom. The largest absolute Gasteiger partial charge is 0.368 e. The zero-order chi connectivity index (χ0) is 16.1. The van der Waals surface area contributed by atoms with Crippen LogP contribution < -0.4 is 16.0 Å². The summed E-state index contributed by atoms with van der Waals surface area (Å²) in [6.45, 7) is 2.05. The zero-order valence-corrected chi connectivity index (χ0v) is 12.5. The first-order chi connectivity index (χ1) is 10.5. The summed E-state index contributed by atoms with van der Waals surface area (Å²) >= 11 is 0. The van der Waals surface area contributed by atoms with Gasteiger partial charge in [-0.1, -0.05) is 17.7 Å². The number of rotatable bonds is 5. The highest BCUT2D eigenvalue weighted by Gasteiger charge is 2.09. The number of pyridine rings is 1. The Hall–Kier alpha value is -2.89. The molecule has 0 unspecified atom stereocenters. The molecule has 6 nitrogen and oxygen atoms in total. The van der Waals surface area contributed by atoms with Crippen LogP contribution in [0.25, 0.3) is 0 Å². The maximum absolute atomic E-state index is 12.1. The van der Waals surface area contributed by atoms with Crippen molar-refractivity contribution >= 4 is 23.3 Å². The third kappa shape index (κ3) is 4.05. The number of primary amides is 1. The summed E-state index contributed by atoms with van der Waals surface area (Å²) in [5.74, 6) is -0.100. The van der Waals surface area contributed by atoms with Gasteiger partial charge in [-0.25, -0.2) is 4.98 Å². The summed E-state index contributed by atoms with van der Waals surface area (Å²) in [5.41, 5.74) is 7.43. The fourth-order valence-electron chi connectivity index (χ4n) is 1.90. The summed E-state index contributed by atoms with van der Waals surface area (Å²) in [6.07, 6.45) is 1.47. The molecule has 0 fully saturated rings. The highest BCUT2D eigenvalue weighted by atomic mass is 16.2. The topological polar surface area (TPSA) is 88.3 Å². The van der Waals surface area contributed by atoms with Gasteiger partial charge >= 0.3 is 0 Å². The predicted molar refractivity (Wildman–Crippen MR) is 85.8 cm³/mol. The second kappa shape index (κ2) is 6.71. The molecule has 2 rings (SSSR count). The Balaban J connectivity index is 2.04. The van der Waals surface area contributed by atoms with Gasteiger partial charge in [0.15, 0.2) is 0 Å². The van der Waals surface area contributed by atoms with E-state index in [-0.39, 0.29) is 12.5 Å². The van der Waals surface area contributed by atoms with Gasteiger partial charge in [-0.2, -0.15) is 0 Å². The maximum Gasteiger partial charge on any atom is 0.257 e. The van der Waals surface area contributed by atoms with E-state index in [1.165, 1.54) is 6.20 Å². The molecule has 0 bridgehead atoms. The monoisotopic (exact) mass is 298 g/mol. The van der Waals surface area contributed by atoms with Crippen molar-refractivity contribution in [3.63, 3.8) is 0 Å². The van der Waals surface area contributed by atoms with Crippen molar-refractivity contribution in [2.24, 2.45) is 5.73 Å². The van der Waals surface area contributed by atoms with Gasteiger partial charge in [0.1, 0.15) is 5.82 Å². The second-order valence-corrected chi connectivity index (χ2v) is 5.05. The highest BCUT2D eigenvalue weighted by Crippen LogP contribution is 2.13. The van der Waals surface area contributed by atoms with Gasteiger partial charge in [-0.3, -0.25) is 9.59 Å². The Kier molecular flexibility index (Phi) is 4.73. The SMILES string of the molecule is Cc1ccc(NC(=O)c2ccc(N(C)CC(N)=O)nc2)cc1. The minimum Gasteiger partial charge on any atom is -0.368 e. The number of anilines is 2. The van der Waals surface area contributed by atoms with Crippen LogP contribution in [0.4, 0.5) is 11.5 Å². The summed E-state index contributed by atoms with van der Waals surface area (Å²) < 4.78 is 0. The van der Waals surface area contributed by atoms with E-state index in [4.69, 9.17) is 5.73 Å². The minimum absolute atomic E-state index is 0.0713. The van der Waals surface area contributed by atoms with Crippen molar-refractivity contribution in [2.75, 3.05) is 23.8 Å². The van der Waals surface area contributed by atoms with E-state index >= 15 is 0 Å². The van der Waals surface area contributed by atoms with E-state index < -0.39 is 5.91 Å². The molecule has 0 saturated carbocycles. The summed E-state index contributed by atoms with van der Waals surface area (Å²) in [5, 5.41) is 2.80. The summed E-state index contributed by atoms with van der Waals surface area (Å²) in [6, 6.07) is 10.9. The van der Waals surface area contributed by atoms with Crippen LogP contribution in [0.3, 0.4) is 0 Å². The molecule has 1 heterocycles. The van der Waals surface area contributed by atoms with Gasteiger partial charge in [0.05, 0.1) is 12.1 Å². The predicted octanol–water partition coefficient (Wildman–Crippen LogP) is 1.56. The minimum atomic E-state index is -0.439. The van der Waals surface area contributed by atoms with Crippen molar-refractivity contribution in [1.82, 2.24) is 4.98 Å². The average molecular weight is 298 g/mol. The van der Waals surface area contributed by atoms with Crippen LogP contribution in [0, 0.1) is 6.92 Å². The lowest BCUT2D eigenvalue weighted by molar-refractivity contribution is -0.116. The summed E-state index contributed by atoms with van der Waals surface area (Å²) in [7, 11) is 1.71. The summed E-state index contributed by atoms with van der Waals surface area (Å²) in [4.78, 5) is 28.8. The number of benzene rings is 1. The normalized spacial score (nSPS) is 10.1. The molecule has 0 saturated heterocycles. The van der Waals surface area contributed by atoms with Gasteiger partial charge in [0, 0.05) is 18.9 Å². The molecule has 6 heteroatoms. The number of nitrogens with two attached hydrogens (primary N) is 1. The van der Waals surface area contributed by atoms with Gasteiger partial charge in [-0.15, -0.1) is 0 Å². The molecule has 1 aromatic carbocycles. The van der Waals surface area contributed by atoms with Crippen molar-refractivity contribution < 1.29 is 9.59 Å². The molecule has 0 aliphatic carbocycles. The smallest absolute Gasteiger partial charge is 0.257 e. The lowest BCUT2D eigenvalue weighted by Gasteiger charge is -2.16. The molecular formula is C16H18N4O2. The number of aromatic nitrogens is 1. The highest BCUT2D eigenvalue weighted by molar-refractivity contribution is 6.04. The van der Waals surface area contributed by atoms with Crippen LogP contribution in [-0.4, -0.2) is 30.4 Å². The van der Waals surface area contributed by atoms with Crippen LogP contribution >= 0.6 is 0 Å². The molecule has 2 aromatic rings. The standard InChI is InChI=1S/C16H18N4O2/c1-11-3-6-13(7-4-11)19-16(22)12-5-8-15(18-9-12)20(2)10-14(17)21/h3-9H,10H2,1-2H3,(H2,17,21)(H,19,22). The zero-order valence-electron chi connectivity index (χ0n) is 12.5. The number of likely N-dealkylation sites (N-methyl/N-ethyl adjacent to an activating group) is 1. The Morgan fingerprint density at radius 1 is 1.18 bits per heavy atom. The Morgan fingerprint density at radius 2 is 1.86 bits per heavy atom. The molecule has 3 N–H and O–H groups in total. The molecule has 0 atom stereocenters. The van der Waals surface area contributed by atoms with Gasteiger partial charge in [0.2, 0.25) is 5.91 Å². The number of carbonyl (C=O) groups is 2. The van der Waals surface area contributed by atoms with Crippen LogP contribution in [0.5, 0.6) is 0 Å². The van der Waals surface area contributed by atoms with Gasteiger partial charge in [-0.05, 0) is 31.2 Å². The lowest BCUT2D eigenvalue weighted by atomic mass is 10.2. The van der Waals surface area contributed by atoms with Crippen LogP contribution in [0.15, 0.2) is 42.6 Å². The van der Waals surface area contributed by atoms with E-state index in [0.29, 0.717) is 11.4 Å². The lowest BCUT2D eigenvalue weighted by Crippen LogP contribution is -2.31. The van der Waals surface area contributed by atoms with Crippen molar-refractivity contribution in [1.29, 1.82) is 0 Å². The number of aryl methyl sites for hydroxylation is 1. The molecule has 0 spiro atoms. The fourth-order valence-corrected chi connectivity index (χ4v) is 1.90.